The first-order chi connectivity index (χ1) is 18.9. The molecule has 1 amide bonds. The molecule has 14 heteroatoms. The molecule has 0 saturated carbocycles. The number of nitrogens with zero attached hydrogens (tertiary/aromatic N) is 4. The van der Waals surface area contributed by atoms with Gasteiger partial charge in [-0.15, -0.1) is 11.3 Å². The molecule has 3 aliphatic rings. The molecule has 1 saturated heterocycles. The van der Waals surface area contributed by atoms with E-state index in [-0.39, 0.29) is 29.8 Å². The van der Waals surface area contributed by atoms with Crippen molar-refractivity contribution in [3.8, 4) is 0 Å². The minimum Gasteiger partial charge on any atom is -0.341 e. The van der Waals surface area contributed by atoms with Gasteiger partial charge in [0.25, 0.3) is 0 Å². The van der Waals surface area contributed by atoms with E-state index in [0.717, 1.165) is 34.8 Å². The molecule has 4 heterocycles. The van der Waals surface area contributed by atoms with Crippen molar-refractivity contribution in [3.63, 3.8) is 0 Å². The van der Waals surface area contributed by atoms with Crippen molar-refractivity contribution in [3.05, 3.63) is 75.0 Å². The maximum absolute atomic E-state index is 13.3. The first-order valence-corrected chi connectivity index (χ1v) is 13.5. The van der Waals surface area contributed by atoms with Crippen molar-refractivity contribution in [1.29, 1.82) is 0 Å². The predicted octanol–water partition coefficient (Wildman–Crippen LogP) is 5.50. The first-order valence-electron chi connectivity index (χ1n) is 12.6. The summed E-state index contributed by atoms with van der Waals surface area (Å²) in [5, 5.41) is 5.83. The van der Waals surface area contributed by atoms with Gasteiger partial charge in [0.1, 0.15) is 17.8 Å². The van der Waals surface area contributed by atoms with Gasteiger partial charge in [0.2, 0.25) is 5.91 Å². The number of rotatable bonds is 4. The number of hydrogen-bond acceptors (Lipinski definition) is 6. The van der Waals surface area contributed by atoms with Crippen LogP contribution in [0.25, 0.3) is 5.70 Å². The number of benzene rings is 1. The van der Waals surface area contributed by atoms with E-state index in [1.807, 2.05) is 17.5 Å². The van der Waals surface area contributed by atoms with Gasteiger partial charge in [0, 0.05) is 30.5 Å². The van der Waals surface area contributed by atoms with E-state index >= 15 is 0 Å². The number of halogens is 6. The van der Waals surface area contributed by atoms with Crippen LogP contribution >= 0.6 is 11.3 Å². The Morgan fingerprint density at radius 1 is 1.12 bits per heavy atom. The number of amides is 1. The van der Waals surface area contributed by atoms with Crippen LogP contribution < -0.4 is 5.48 Å². The van der Waals surface area contributed by atoms with Crippen LogP contribution in [0, 0.1) is 0 Å². The molecule has 0 unspecified atom stereocenters. The van der Waals surface area contributed by atoms with E-state index in [1.54, 1.807) is 0 Å². The van der Waals surface area contributed by atoms with Gasteiger partial charge in [0.15, 0.2) is 5.69 Å². The zero-order valence-corrected chi connectivity index (χ0v) is 21.7. The largest absolute Gasteiger partial charge is 0.435 e. The Labute approximate surface area is 228 Å². The fourth-order valence-electron chi connectivity index (χ4n) is 5.53. The predicted molar refractivity (Wildman–Crippen MR) is 132 cm³/mol. The number of aromatic nitrogens is 3. The van der Waals surface area contributed by atoms with E-state index < -0.39 is 41.8 Å². The zero-order valence-electron chi connectivity index (χ0n) is 20.8. The fraction of sp³-hybridized carbons (Fsp3) is 0.423. The maximum atomic E-state index is 13.3. The Hall–Kier alpha value is -3.39. The van der Waals surface area contributed by atoms with Crippen LogP contribution in [-0.4, -0.2) is 38.7 Å². The molecule has 1 spiro atoms. The number of carbonyl (C=O) groups is 1. The molecule has 1 N–H and O–H groups in total. The SMILES string of the molecule is O=C(Cn1nc(C(F)(F)F)cc1C(F)(F)F)N1CCC(c2nc(C3=C[C@@]4(CCc5ccccc54)ON3)cs2)CC1. The maximum Gasteiger partial charge on any atom is 0.435 e. The summed E-state index contributed by atoms with van der Waals surface area (Å²) in [7, 11) is 0. The van der Waals surface area contributed by atoms with E-state index in [9.17, 15) is 31.1 Å². The molecule has 2 aliphatic heterocycles. The molecule has 0 radical (unpaired) electrons. The fourth-order valence-corrected chi connectivity index (χ4v) is 6.52. The molecule has 2 aromatic heterocycles. The Balaban J connectivity index is 1.10. The van der Waals surface area contributed by atoms with Gasteiger partial charge in [0.05, 0.1) is 16.4 Å². The summed E-state index contributed by atoms with van der Waals surface area (Å²) in [4.78, 5) is 24.9. The van der Waals surface area contributed by atoms with E-state index in [1.165, 1.54) is 21.8 Å². The van der Waals surface area contributed by atoms with E-state index in [0.29, 0.717) is 12.8 Å². The molecule has 1 aromatic carbocycles. The molecule has 1 atom stereocenters. The third kappa shape index (κ3) is 4.87. The average molecular weight is 584 g/mol. The Kier molecular flexibility index (Phi) is 6.44. The van der Waals surface area contributed by atoms with Crippen molar-refractivity contribution in [1.82, 2.24) is 25.1 Å². The summed E-state index contributed by atoms with van der Waals surface area (Å²) in [6.45, 7) is -0.435. The number of piperidine rings is 1. The lowest BCUT2D eigenvalue weighted by molar-refractivity contribution is -0.146. The molecule has 6 rings (SSSR count). The minimum atomic E-state index is -5.08. The number of carbonyl (C=O) groups excluding carboxylic acids is 1. The second-order valence-corrected chi connectivity index (χ2v) is 11.0. The smallest absolute Gasteiger partial charge is 0.341 e. The van der Waals surface area contributed by atoms with E-state index in [2.05, 4.69) is 28.8 Å². The third-order valence-corrected chi connectivity index (χ3v) is 8.61. The molecule has 1 fully saturated rings. The Bertz CT molecular complexity index is 1470. The summed E-state index contributed by atoms with van der Waals surface area (Å²) in [5.74, 6) is -0.681. The van der Waals surface area contributed by atoms with Crippen molar-refractivity contribution in [2.45, 2.75) is 56.1 Å². The van der Waals surface area contributed by atoms with Gasteiger partial charge >= 0.3 is 12.4 Å². The Morgan fingerprint density at radius 3 is 2.60 bits per heavy atom. The second kappa shape index (κ2) is 9.61. The van der Waals surface area contributed by atoms with Gasteiger partial charge < -0.3 is 4.90 Å². The number of hydrogen-bond donors (Lipinski definition) is 1. The van der Waals surface area contributed by atoms with Gasteiger partial charge in [-0.2, -0.15) is 31.4 Å². The number of alkyl halides is 6. The highest BCUT2D eigenvalue weighted by molar-refractivity contribution is 7.09. The van der Waals surface area contributed by atoms with Crippen LogP contribution in [0.4, 0.5) is 26.3 Å². The molecule has 40 heavy (non-hydrogen) atoms. The summed E-state index contributed by atoms with van der Waals surface area (Å²) in [5.41, 5.74) is 3.12. The number of likely N-dealkylation sites (tertiary alicyclic amines) is 1. The van der Waals surface area contributed by atoms with Crippen molar-refractivity contribution >= 4 is 22.9 Å². The molecule has 3 aromatic rings. The Morgan fingerprint density at radius 2 is 1.88 bits per heavy atom. The lowest BCUT2D eigenvalue weighted by atomic mass is 9.95. The molecule has 0 bridgehead atoms. The summed E-state index contributed by atoms with van der Waals surface area (Å²) >= 11 is 1.48. The number of fused-ring (bicyclic) bond motifs is 2. The van der Waals surface area contributed by atoms with Crippen LogP contribution in [0.15, 0.2) is 41.8 Å². The van der Waals surface area contributed by atoms with Crippen molar-refractivity contribution < 1.29 is 36.0 Å². The highest BCUT2D eigenvalue weighted by Gasteiger charge is 2.44. The van der Waals surface area contributed by atoms with Crippen LogP contribution in [0.3, 0.4) is 0 Å². The molecule has 7 nitrogen and oxygen atoms in total. The van der Waals surface area contributed by atoms with Crippen molar-refractivity contribution in [2.75, 3.05) is 13.1 Å². The van der Waals surface area contributed by atoms with Crippen molar-refractivity contribution in [2.24, 2.45) is 0 Å². The molecular formula is C26H23F6N5O2S. The van der Waals surface area contributed by atoms with Crippen LogP contribution in [-0.2, 0) is 40.6 Å². The minimum absolute atomic E-state index is 0.0409. The monoisotopic (exact) mass is 583 g/mol. The topological polar surface area (TPSA) is 72.3 Å². The lowest BCUT2D eigenvalue weighted by Crippen LogP contribution is -2.40. The number of aryl methyl sites for hydroxylation is 1. The summed E-state index contributed by atoms with van der Waals surface area (Å²) < 4.78 is 78.7. The van der Waals surface area contributed by atoms with Gasteiger partial charge in [-0.3, -0.25) is 19.8 Å². The van der Waals surface area contributed by atoms with Gasteiger partial charge in [-0.05, 0) is 42.9 Å². The van der Waals surface area contributed by atoms with Crippen LogP contribution in [0.1, 0.15) is 58.4 Å². The van der Waals surface area contributed by atoms with Crippen LogP contribution in [0.5, 0.6) is 0 Å². The standard InChI is InChI=1S/C26H23F6N5O2S/c27-25(28,29)20-11-21(26(30,31)32)37(34-20)13-22(38)36-9-6-16(7-10-36)23-33-19(14-40-23)18-12-24(39-35-18)8-5-15-3-1-2-4-17(15)24/h1-4,11-12,14,16,35H,5-10,13H2/t24-/m1/s1. The molecular weight excluding hydrogens is 560 g/mol. The number of thiazole rings is 1. The van der Waals surface area contributed by atoms with Gasteiger partial charge in [-0.25, -0.2) is 4.98 Å². The first kappa shape index (κ1) is 26.8. The average Bonchev–Trinajstić information content (AvgIpc) is 3.70. The number of hydroxylamine groups is 1. The molecule has 212 valence electrons. The summed E-state index contributed by atoms with van der Waals surface area (Å²) in [6, 6.07) is 8.09. The highest BCUT2D eigenvalue weighted by Crippen LogP contribution is 2.45. The highest BCUT2D eigenvalue weighted by atomic mass is 32.1. The normalized spacial score (nSPS) is 21.6. The second-order valence-electron chi connectivity index (χ2n) is 10.1. The van der Waals surface area contributed by atoms with Crippen LogP contribution in [0.2, 0.25) is 0 Å². The number of nitrogens with one attached hydrogen (secondary N) is 1. The third-order valence-electron chi connectivity index (χ3n) is 7.60. The molecule has 1 aliphatic carbocycles. The zero-order chi connectivity index (χ0) is 28.3. The summed E-state index contributed by atoms with van der Waals surface area (Å²) in [6.07, 6.45) is -5.28. The lowest BCUT2D eigenvalue weighted by Gasteiger charge is -2.31. The van der Waals surface area contributed by atoms with E-state index in [4.69, 9.17) is 9.82 Å². The quantitative estimate of drug-likeness (QED) is 0.411. The van der Waals surface area contributed by atoms with Gasteiger partial charge in [-0.1, -0.05) is 24.3 Å².